The topological polar surface area (TPSA) is 58.6 Å². The second-order valence-electron chi connectivity index (χ2n) is 4.48. The molecule has 0 bridgehead atoms. The molecule has 0 aliphatic heterocycles. The lowest BCUT2D eigenvalue weighted by atomic mass is 10.0. The molecule has 4 nitrogen and oxygen atoms in total. The first kappa shape index (κ1) is 15.1. The van der Waals surface area contributed by atoms with Crippen molar-refractivity contribution in [1.82, 2.24) is 0 Å². The van der Waals surface area contributed by atoms with Crippen LogP contribution in [0.5, 0.6) is 5.75 Å². The number of amides is 1. The Labute approximate surface area is 116 Å². The molecular weight excluding hydrogens is 277 g/mol. The third-order valence-corrected chi connectivity index (χ3v) is 3.02. The summed E-state index contributed by atoms with van der Waals surface area (Å²) < 4.78 is 5.16. The minimum absolute atomic E-state index is 0.0869. The molecule has 0 heterocycles. The normalized spacial score (nSPS) is 11.4. The number of ether oxygens (including phenoxy) is 1. The van der Waals surface area contributed by atoms with Gasteiger partial charge in [0.2, 0.25) is 5.91 Å². The molecular formula is C12H15Cl2NO3. The van der Waals surface area contributed by atoms with Crippen molar-refractivity contribution in [3.05, 3.63) is 22.2 Å². The largest absolute Gasteiger partial charge is 0.505 e. The van der Waals surface area contributed by atoms with E-state index in [2.05, 4.69) is 5.32 Å². The van der Waals surface area contributed by atoms with Gasteiger partial charge in [-0.3, -0.25) is 4.79 Å². The van der Waals surface area contributed by atoms with Crippen LogP contribution in [0.25, 0.3) is 0 Å². The highest BCUT2D eigenvalue weighted by atomic mass is 35.5. The lowest BCUT2D eigenvalue weighted by molar-refractivity contribution is -0.121. The Hall–Kier alpha value is -0.970. The van der Waals surface area contributed by atoms with Gasteiger partial charge in [-0.25, -0.2) is 0 Å². The minimum atomic E-state index is -0.547. The van der Waals surface area contributed by atoms with E-state index in [9.17, 15) is 9.90 Å². The molecule has 100 valence electrons. The van der Waals surface area contributed by atoms with Crippen LogP contribution in [-0.4, -0.2) is 23.7 Å². The summed E-state index contributed by atoms with van der Waals surface area (Å²) in [5.74, 6) is -0.423. The van der Waals surface area contributed by atoms with Crippen molar-refractivity contribution in [3.8, 4) is 5.75 Å². The lowest BCUT2D eigenvalue weighted by Crippen LogP contribution is -2.29. The van der Waals surface area contributed by atoms with E-state index in [0.29, 0.717) is 5.69 Å². The van der Waals surface area contributed by atoms with Gasteiger partial charge in [-0.05, 0) is 26.0 Å². The van der Waals surface area contributed by atoms with E-state index in [1.165, 1.54) is 12.1 Å². The van der Waals surface area contributed by atoms with E-state index in [1.807, 2.05) is 13.8 Å². The number of aromatic hydroxyl groups is 1. The van der Waals surface area contributed by atoms with Gasteiger partial charge in [0.15, 0.2) is 5.75 Å². The van der Waals surface area contributed by atoms with Crippen LogP contribution >= 0.6 is 23.2 Å². The number of carbonyl (C=O) groups is 1. The van der Waals surface area contributed by atoms with Crippen molar-refractivity contribution in [2.75, 3.05) is 12.4 Å². The van der Waals surface area contributed by atoms with E-state index < -0.39 is 5.60 Å². The number of benzene rings is 1. The molecule has 0 aliphatic rings. The number of halogens is 2. The van der Waals surface area contributed by atoms with Crippen LogP contribution in [0.15, 0.2) is 12.1 Å². The molecule has 1 rings (SSSR count). The van der Waals surface area contributed by atoms with Crippen LogP contribution in [0.2, 0.25) is 10.0 Å². The third-order valence-electron chi connectivity index (χ3n) is 2.44. The number of methoxy groups -OCH3 is 1. The summed E-state index contributed by atoms with van der Waals surface area (Å²) in [7, 11) is 1.54. The zero-order chi connectivity index (χ0) is 13.9. The highest BCUT2D eigenvalue weighted by Crippen LogP contribution is 2.34. The van der Waals surface area contributed by atoms with Crippen molar-refractivity contribution in [2.24, 2.45) is 0 Å². The van der Waals surface area contributed by atoms with Crippen LogP contribution in [0.4, 0.5) is 5.69 Å². The minimum Gasteiger partial charge on any atom is -0.505 e. The van der Waals surface area contributed by atoms with Gasteiger partial charge in [0.25, 0.3) is 0 Å². The zero-order valence-corrected chi connectivity index (χ0v) is 11.9. The molecule has 1 aromatic rings. The Kier molecular flexibility index (Phi) is 4.85. The Bertz CT molecular complexity index is 438. The number of nitrogens with one attached hydrogen (secondary N) is 1. The molecule has 0 spiro atoms. The number of anilines is 1. The van der Waals surface area contributed by atoms with Gasteiger partial charge in [-0.15, -0.1) is 0 Å². The van der Waals surface area contributed by atoms with Crippen molar-refractivity contribution >= 4 is 34.8 Å². The fraction of sp³-hybridized carbons (Fsp3) is 0.417. The average molecular weight is 292 g/mol. The van der Waals surface area contributed by atoms with Crippen LogP contribution in [0.3, 0.4) is 0 Å². The number of rotatable bonds is 4. The summed E-state index contributed by atoms with van der Waals surface area (Å²) in [6, 6.07) is 2.86. The summed E-state index contributed by atoms with van der Waals surface area (Å²) in [4.78, 5) is 11.8. The molecule has 2 N–H and O–H groups in total. The van der Waals surface area contributed by atoms with Gasteiger partial charge in [-0.2, -0.15) is 0 Å². The Morgan fingerprint density at radius 2 is 1.89 bits per heavy atom. The van der Waals surface area contributed by atoms with Crippen LogP contribution in [0, 0.1) is 0 Å². The number of hydrogen-bond donors (Lipinski definition) is 2. The predicted octanol–water partition coefficient (Wildman–Crippen LogP) is 3.45. The zero-order valence-electron chi connectivity index (χ0n) is 10.4. The molecule has 0 fully saturated rings. The lowest BCUT2D eigenvalue weighted by Gasteiger charge is -2.22. The molecule has 0 unspecified atom stereocenters. The molecule has 0 aromatic heterocycles. The van der Waals surface area contributed by atoms with Crippen LogP contribution in [0.1, 0.15) is 20.3 Å². The molecule has 0 saturated heterocycles. The summed E-state index contributed by atoms with van der Waals surface area (Å²) >= 11 is 11.5. The first-order valence-electron chi connectivity index (χ1n) is 5.28. The second kappa shape index (κ2) is 5.78. The van der Waals surface area contributed by atoms with Gasteiger partial charge in [0, 0.05) is 12.8 Å². The number of phenols is 1. The Morgan fingerprint density at radius 1 is 1.39 bits per heavy atom. The second-order valence-corrected chi connectivity index (χ2v) is 5.29. The first-order valence-corrected chi connectivity index (χ1v) is 6.04. The van der Waals surface area contributed by atoms with E-state index in [-0.39, 0.29) is 28.1 Å². The van der Waals surface area contributed by atoms with Crippen molar-refractivity contribution in [3.63, 3.8) is 0 Å². The Balaban J connectivity index is 2.77. The molecule has 6 heteroatoms. The standard InChI is InChI=1S/C12H15Cl2NO3/c1-12(2,18-3)6-10(16)15-7-4-8(13)11(17)9(14)5-7/h4-5,17H,6H2,1-3H3,(H,15,16). The smallest absolute Gasteiger partial charge is 0.227 e. The van der Waals surface area contributed by atoms with Crippen LogP contribution < -0.4 is 5.32 Å². The van der Waals surface area contributed by atoms with Gasteiger partial charge < -0.3 is 15.2 Å². The van der Waals surface area contributed by atoms with Crippen molar-refractivity contribution in [1.29, 1.82) is 0 Å². The first-order chi connectivity index (χ1) is 8.25. The van der Waals surface area contributed by atoms with Gasteiger partial charge in [-0.1, -0.05) is 23.2 Å². The number of phenolic OH excluding ortho intramolecular Hbond substituents is 1. The van der Waals surface area contributed by atoms with E-state index in [4.69, 9.17) is 27.9 Å². The molecule has 0 aliphatic carbocycles. The maximum atomic E-state index is 11.8. The molecule has 1 aromatic carbocycles. The van der Waals surface area contributed by atoms with E-state index in [1.54, 1.807) is 7.11 Å². The molecule has 0 atom stereocenters. The predicted molar refractivity (Wildman–Crippen MR) is 72.5 cm³/mol. The van der Waals surface area contributed by atoms with Gasteiger partial charge in [0.1, 0.15) is 0 Å². The van der Waals surface area contributed by atoms with Gasteiger partial charge >= 0.3 is 0 Å². The monoisotopic (exact) mass is 291 g/mol. The summed E-state index contributed by atoms with van der Waals surface area (Å²) in [6.45, 7) is 3.62. The maximum Gasteiger partial charge on any atom is 0.227 e. The molecule has 0 saturated carbocycles. The van der Waals surface area contributed by atoms with E-state index >= 15 is 0 Å². The number of carbonyl (C=O) groups excluding carboxylic acids is 1. The van der Waals surface area contributed by atoms with Crippen LogP contribution in [-0.2, 0) is 9.53 Å². The summed E-state index contributed by atoms with van der Waals surface area (Å²) in [5.41, 5.74) is -0.117. The van der Waals surface area contributed by atoms with Crippen molar-refractivity contribution in [2.45, 2.75) is 25.9 Å². The van der Waals surface area contributed by atoms with E-state index in [0.717, 1.165) is 0 Å². The highest BCUT2D eigenvalue weighted by molar-refractivity contribution is 6.37. The molecule has 0 radical (unpaired) electrons. The fourth-order valence-corrected chi connectivity index (χ4v) is 1.79. The fourth-order valence-electron chi connectivity index (χ4n) is 1.30. The summed E-state index contributed by atoms with van der Waals surface area (Å²) in [6.07, 6.45) is 0.194. The quantitative estimate of drug-likeness (QED) is 0.836. The number of hydrogen-bond acceptors (Lipinski definition) is 3. The molecule has 1 amide bonds. The molecule has 18 heavy (non-hydrogen) atoms. The summed E-state index contributed by atoms with van der Waals surface area (Å²) in [5, 5.41) is 12.2. The average Bonchev–Trinajstić information content (AvgIpc) is 2.25. The maximum absolute atomic E-state index is 11.8. The van der Waals surface area contributed by atoms with Crippen molar-refractivity contribution < 1.29 is 14.6 Å². The Morgan fingerprint density at radius 3 is 2.33 bits per heavy atom. The van der Waals surface area contributed by atoms with Gasteiger partial charge in [0.05, 0.1) is 22.1 Å². The highest BCUT2D eigenvalue weighted by Gasteiger charge is 2.21. The third kappa shape index (κ3) is 4.05. The SMILES string of the molecule is COC(C)(C)CC(=O)Nc1cc(Cl)c(O)c(Cl)c1.